The number of aliphatic carboxylic acids is 1. The lowest BCUT2D eigenvalue weighted by atomic mass is 9.79. The molecule has 0 aromatic heterocycles. The van der Waals surface area contributed by atoms with Crippen LogP contribution < -0.4 is 15.6 Å². The molecule has 3 rings (SSSR count). The molecule has 0 spiro atoms. The van der Waals surface area contributed by atoms with Gasteiger partial charge in [0.15, 0.2) is 6.61 Å². The van der Waals surface area contributed by atoms with Gasteiger partial charge in [-0.05, 0) is 45.6 Å². The van der Waals surface area contributed by atoms with Gasteiger partial charge in [0.2, 0.25) is 5.91 Å². The van der Waals surface area contributed by atoms with Gasteiger partial charge in [0.1, 0.15) is 5.75 Å². The number of amides is 2. The van der Waals surface area contributed by atoms with E-state index in [9.17, 15) is 19.5 Å². The number of rotatable bonds is 5. The molecule has 0 saturated heterocycles. The Kier molecular flexibility index (Phi) is 6.51. The Labute approximate surface area is 170 Å². The van der Waals surface area contributed by atoms with E-state index in [0.29, 0.717) is 18.6 Å². The highest BCUT2D eigenvalue weighted by Crippen LogP contribution is 2.33. The third kappa shape index (κ3) is 4.62. The van der Waals surface area contributed by atoms with Crippen LogP contribution in [0.1, 0.15) is 25.7 Å². The van der Waals surface area contributed by atoms with Crippen LogP contribution in [0.4, 0.5) is 0 Å². The highest BCUT2D eigenvalue weighted by atomic mass is 79.9. The maximum atomic E-state index is 12.3. The van der Waals surface area contributed by atoms with E-state index in [2.05, 4.69) is 26.8 Å². The summed E-state index contributed by atoms with van der Waals surface area (Å²) in [7, 11) is 0. The minimum absolute atomic E-state index is 0.287. The van der Waals surface area contributed by atoms with E-state index in [4.69, 9.17) is 4.74 Å². The Bertz CT molecular complexity index is 901. The number of ether oxygens (including phenoxy) is 1. The maximum absolute atomic E-state index is 12.3. The van der Waals surface area contributed by atoms with E-state index in [1.165, 1.54) is 0 Å². The summed E-state index contributed by atoms with van der Waals surface area (Å²) in [6, 6.07) is 11.4. The first kappa shape index (κ1) is 20.1. The largest absolute Gasteiger partial charge is 0.483 e. The van der Waals surface area contributed by atoms with Crippen molar-refractivity contribution in [3.63, 3.8) is 0 Å². The van der Waals surface area contributed by atoms with Crippen LogP contribution in [0.25, 0.3) is 10.8 Å². The van der Waals surface area contributed by atoms with Crippen LogP contribution in [0.2, 0.25) is 0 Å². The molecule has 0 aliphatic heterocycles. The van der Waals surface area contributed by atoms with Crippen molar-refractivity contribution < 1.29 is 24.2 Å². The smallest absolute Gasteiger partial charge is 0.307 e. The normalized spacial score (nSPS) is 19.0. The molecule has 2 amide bonds. The van der Waals surface area contributed by atoms with Gasteiger partial charge < -0.3 is 9.84 Å². The lowest BCUT2D eigenvalue weighted by Gasteiger charge is -2.27. The van der Waals surface area contributed by atoms with Gasteiger partial charge in [-0.25, -0.2) is 0 Å². The second-order valence-electron chi connectivity index (χ2n) is 6.76. The molecule has 2 aromatic carbocycles. The molecule has 7 nitrogen and oxygen atoms in total. The summed E-state index contributed by atoms with van der Waals surface area (Å²) in [6.45, 7) is -0.287. The minimum Gasteiger partial charge on any atom is -0.483 e. The second-order valence-corrected chi connectivity index (χ2v) is 7.55. The van der Waals surface area contributed by atoms with E-state index < -0.39 is 29.6 Å². The van der Waals surface area contributed by atoms with Crippen LogP contribution in [-0.4, -0.2) is 29.5 Å². The first-order valence-corrected chi connectivity index (χ1v) is 9.88. The molecule has 28 heavy (non-hydrogen) atoms. The Morgan fingerprint density at radius 3 is 2.50 bits per heavy atom. The zero-order chi connectivity index (χ0) is 20.1. The maximum Gasteiger partial charge on any atom is 0.307 e. The number of carboxylic acid groups (broad SMARTS) is 1. The molecule has 148 valence electrons. The third-order valence-corrected chi connectivity index (χ3v) is 5.75. The van der Waals surface area contributed by atoms with Crippen LogP contribution in [0.3, 0.4) is 0 Å². The molecule has 1 fully saturated rings. The monoisotopic (exact) mass is 448 g/mol. The second kappa shape index (κ2) is 9.05. The van der Waals surface area contributed by atoms with Gasteiger partial charge in [-0.1, -0.05) is 43.2 Å². The average molecular weight is 449 g/mol. The van der Waals surface area contributed by atoms with Crippen molar-refractivity contribution >= 4 is 44.5 Å². The first-order chi connectivity index (χ1) is 13.5. The van der Waals surface area contributed by atoms with E-state index in [-0.39, 0.29) is 6.61 Å². The number of carboxylic acids is 1. The van der Waals surface area contributed by atoms with E-state index >= 15 is 0 Å². The molecule has 0 heterocycles. The summed E-state index contributed by atoms with van der Waals surface area (Å²) in [5.41, 5.74) is 4.62. The zero-order valence-electron chi connectivity index (χ0n) is 15.1. The van der Waals surface area contributed by atoms with Crippen molar-refractivity contribution in [2.45, 2.75) is 25.7 Å². The van der Waals surface area contributed by atoms with Crippen LogP contribution in [0.15, 0.2) is 40.9 Å². The van der Waals surface area contributed by atoms with E-state index in [0.717, 1.165) is 28.1 Å². The molecule has 0 radical (unpaired) electrons. The molecule has 2 aromatic rings. The highest BCUT2D eigenvalue weighted by molar-refractivity contribution is 9.10. The molecule has 3 N–H and O–H groups in total. The minimum atomic E-state index is -0.976. The summed E-state index contributed by atoms with van der Waals surface area (Å²) < 4.78 is 6.28. The number of benzene rings is 2. The van der Waals surface area contributed by atoms with Gasteiger partial charge in [0, 0.05) is 0 Å². The third-order valence-electron chi connectivity index (χ3n) is 4.93. The van der Waals surface area contributed by atoms with Crippen molar-refractivity contribution in [1.82, 2.24) is 10.9 Å². The fourth-order valence-corrected chi connectivity index (χ4v) is 4.08. The molecule has 0 bridgehead atoms. The summed E-state index contributed by atoms with van der Waals surface area (Å²) in [4.78, 5) is 35.6. The van der Waals surface area contributed by atoms with Crippen molar-refractivity contribution in [2.24, 2.45) is 11.8 Å². The van der Waals surface area contributed by atoms with Gasteiger partial charge in [-0.2, -0.15) is 0 Å². The summed E-state index contributed by atoms with van der Waals surface area (Å²) in [6.07, 6.45) is 2.57. The number of nitrogens with one attached hydrogen (secondary N) is 2. The Morgan fingerprint density at radius 1 is 1.04 bits per heavy atom. The number of halogens is 1. The molecule has 0 unspecified atom stereocenters. The number of carbonyl (C=O) groups excluding carboxylic acids is 2. The predicted octanol–water partition coefficient (Wildman–Crippen LogP) is 3.02. The molecule has 1 aliphatic rings. The van der Waals surface area contributed by atoms with Gasteiger partial charge in [-0.3, -0.25) is 25.2 Å². The summed E-state index contributed by atoms with van der Waals surface area (Å²) in [5.74, 6) is -2.82. The van der Waals surface area contributed by atoms with Crippen LogP contribution >= 0.6 is 15.9 Å². The average Bonchev–Trinajstić information content (AvgIpc) is 2.71. The fourth-order valence-electron chi connectivity index (χ4n) is 3.47. The van der Waals surface area contributed by atoms with E-state index in [1.807, 2.05) is 30.3 Å². The van der Waals surface area contributed by atoms with Gasteiger partial charge in [0.05, 0.1) is 16.3 Å². The molecular formula is C20H21BrN2O5. The highest BCUT2D eigenvalue weighted by Gasteiger charge is 2.35. The fraction of sp³-hybridized carbons (Fsp3) is 0.350. The molecule has 1 aliphatic carbocycles. The van der Waals surface area contributed by atoms with Crippen molar-refractivity contribution in [3.8, 4) is 5.75 Å². The molecule has 8 heteroatoms. The Balaban J connectivity index is 1.53. The summed E-state index contributed by atoms with van der Waals surface area (Å²) in [5, 5.41) is 11.3. The number of hydrazine groups is 1. The van der Waals surface area contributed by atoms with Crippen molar-refractivity contribution in [1.29, 1.82) is 0 Å². The quantitative estimate of drug-likeness (QED) is 0.609. The Hall–Kier alpha value is -2.61. The van der Waals surface area contributed by atoms with Crippen molar-refractivity contribution in [3.05, 3.63) is 40.9 Å². The SMILES string of the molecule is O=C(COc1ccc2ccccc2c1Br)NNC(=O)[C@@H]1CCCC[C@@H]1C(=O)O. The molecule has 1 saturated carbocycles. The Morgan fingerprint density at radius 2 is 1.75 bits per heavy atom. The van der Waals surface area contributed by atoms with Crippen LogP contribution in [0.5, 0.6) is 5.75 Å². The van der Waals surface area contributed by atoms with Crippen LogP contribution in [-0.2, 0) is 14.4 Å². The van der Waals surface area contributed by atoms with E-state index in [1.54, 1.807) is 6.07 Å². The van der Waals surface area contributed by atoms with Crippen LogP contribution in [0, 0.1) is 11.8 Å². The number of hydrogen-bond donors (Lipinski definition) is 3. The number of carbonyl (C=O) groups is 3. The van der Waals surface area contributed by atoms with Gasteiger partial charge in [0.25, 0.3) is 5.91 Å². The predicted molar refractivity (Wildman–Crippen MR) is 107 cm³/mol. The number of hydrogen-bond acceptors (Lipinski definition) is 4. The molecular weight excluding hydrogens is 428 g/mol. The lowest BCUT2D eigenvalue weighted by molar-refractivity contribution is -0.149. The first-order valence-electron chi connectivity index (χ1n) is 9.09. The molecule has 2 atom stereocenters. The van der Waals surface area contributed by atoms with Gasteiger partial charge >= 0.3 is 5.97 Å². The standard InChI is InChI=1S/C20H21BrN2O5/c21-18-13-6-2-1-5-12(13)9-10-16(18)28-11-17(24)22-23-19(25)14-7-3-4-8-15(14)20(26)27/h1-2,5-6,9-10,14-15H,3-4,7-8,11H2,(H,22,24)(H,23,25)(H,26,27)/t14-,15+/m1/s1. The van der Waals surface area contributed by atoms with Crippen molar-refractivity contribution in [2.75, 3.05) is 6.61 Å². The number of fused-ring (bicyclic) bond motifs is 1. The lowest BCUT2D eigenvalue weighted by Crippen LogP contribution is -2.49. The summed E-state index contributed by atoms with van der Waals surface area (Å²) >= 11 is 3.48. The zero-order valence-corrected chi connectivity index (χ0v) is 16.7. The topological polar surface area (TPSA) is 105 Å². The van der Waals surface area contributed by atoms with Gasteiger partial charge in [-0.15, -0.1) is 0 Å².